The van der Waals surface area contributed by atoms with Crippen LogP contribution >= 0.6 is 23.2 Å². The lowest BCUT2D eigenvalue weighted by molar-refractivity contribution is -0.115. The minimum absolute atomic E-state index is 0.128. The molecule has 0 unspecified atom stereocenters. The van der Waals surface area contributed by atoms with Crippen LogP contribution < -0.4 is 10.1 Å². The summed E-state index contributed by atoms with van der Waals surface area (Å²) in [5.41, 5.74) is 4.04. The number of ether oxygens (including phenoxy) is 1. The largest absolute Gasteiger partial charge is 0.485 e. The summed E-state index contributed by atoms with van der Waals surface area (Å²) in [4.78, 5) is 21.1. The fourth-order valence-electron chi connectivity index (χ4n) is 3.40. The van der Waals surface area contributed by atoms with Crippen LogP contribution in [0.15, 0.2) is 61.1 Å². The molecule has 3 heterocycles. The van der Waals surface area contributed by atoms with Crippen molar-refractivity contribution >= 4 is 34.9 Å². The van der Waals surface area contributed by atoms with Crippen LogP contribution in [0.5, 0.6) is 5.75 Å². The summed E-state index contributed by atoms with van der Waals surface area (Å²) in [5, 5.41) is 8.45. The van der Waals surface area contributed by atoms with Gasteiger partial charge in [0.05, 0.1) is 22.8 Å². The van der Waals surface area contributed by atoms with Crippen LogP contribution in [0.25, 0.3) is 5.69 Å². The number of anilines is 1. The molecule has 0 saturated carbocycles. The van der Waals surface area contributed by atoms with Crippen LogP contribution in [0.4, 0.5) is 5.82 Å². The van der Waals surface area contributed by atoms with E-state index >= 15 is 0 Å². The molecule has 33 heavy (non-hydrogen) atoms. The Hall–Kier alpha value is -3.42. The first-order valence-corrected chi connectivity index (χ1v) is 10.9. The highest BCUT2D eigenvalue weighted by atomic mass is 35.5. The fourth-order valence-corrected chi connectivity index (χ4v) is 3.88. The van der Waals surface area contributed by atoms with E-state index < -0.39 is 0 Å². The molecule has 1 aromatic carbocycles. The van der Waals surface area contributed by atoms with E-state index in [2.05, 4.69) is 20.4 Å². The second-order valence-corrected chi connectivity index (χ2v) is 8.22. The number of amides is 1. The lowest BCUT2D eigenvalue weighted by Crippen LogP contribution is -2.17. The zero-order valence-corrected chi connectivity index (χ0v) is 19.6. The highest BCUT2D eigenvalue weighted by Crippen LogP contribution is 2.28. The molecule has 7 nitrogen and oxygen atoms in total. The van der Waals surface area contributed by atoms with Crippen molar-refractivity contribution in [2.24, 2.45) is 0 Å². The summed E-state index contributed by atoms with van der Waals surface area (Å²) >= 11 is 12.4. The number of rotatable bonds is 7. The molecule has 0 radical (unpaired) electrons. The Morgan fingerprint density at radius 1 is 1.09 bits per heavy atom. The maximum Gasteiger partial charge on any atom is 0.230 e. The first-order valence-electron chi connectivity index (χ1n) is 10.2. The quantitative estimate of drug-likeness (QED) is 0.384. The van der Waals surface area contributed by atoms with E-state index in [1.54, 1.807) is 53.6 Å². The number of halogens is 2. The van der Waals surface area contributed by atoms with E-state index in [4.69, 9.17) is 27.9 Å². The van der Waals surface area contributed by atoms with Gasteiger partial charge in [0.2, 0.25) is 5.91 Å². The summed E-state index contributed by atoms with van der Waals surface area (Å²) in [7, 11) is 0. The molecule has 0 aliphatic rings. The molecule has 1 N–H and O–H groups in total. The van der Waals surface area contributed by atoms with Gasteiger partial charge in [-0.2, -0.15) is 5.10 Å². The Bertz CT molecular complexity index is 1290. The van der Waals surface area contributed by atoms with E-state index in [0.29, 0.717) is 33.9 Å². The lowest BCUT2D eigenvalue weighted by Gasteiger charge is -2.12. The minimum Gasteiger partial charge on any atom is -0.485 e. The molecule has 1 amide bonds. The normalized spacial score (nSPS) is 10.8. The van der Waals surface area contributed by atoms with E-state index in [9.17, 15) is 4.79 Å². The van der Waals surface area contributed by atoms with Crippen molar-refractivity contribution in [3.8, 4) is 11.4 Å². The molecule has 4 rings (SSSR count). The standard InChI is InChI=1S/C24H21Cl2N5O2/c1-15-19(16(2)31(30-15)21-6-5-18(25)12-20(21)26)13-23(32)29-24-22(4-3-9-28-24)33-14-17-7-10-27-11-8-17/h3-12H,13-14H2,1-2H3,(H,28,29,32). The molecule has 9 heteroatoms. The average Bonchev–Trinajstić information content (AvgIpc) is 3.07. The number of benzene rings is 1. The third-order valence-electron chi connectivity index (χ3n) is 5.09. The van der Waals surface area contributed by atoms with Gasteiger partial charge in [0.25, 0.3) is 0 Å². The Morgan fingerprint density at radius 3 is 2.64 bits per heavy atom. The number of hydrogen-bond donors (Lipinski definition) is 1. The van der Waals surface area contributed by atoms with Crippen molar-refractivity contribution < 1.29 is 9.53 Å². The summed E-state index contributed by atoms with van der Waals surface area (Å²) in [6, 6.07) is 12.5. The van der Waals surface area contributed by atoms with Crippen molar-refractivity contribution in [1.29, 1.82) is 0 Å². The summed E-state index contributed by atoms with van der Waals surface area (Å²) in [6.45, 7) is 4.10. The first kappa shape index (κ1) is 22.8. The zero-order valence-electron chi connectivity index (χ0n) is 18.0. The number of nitrogens with one attached hydrogen (secondary N) is 1. The second-order valence-electron chi connectivity index (χ2n) is 7.38. The Kier molecular flexibility index (Phi) is 6.91. The van der Waals surface area contributed by atoms with Gasteiger partial charge in [0, 0.05) is 34.9 Å². The summed E-state index contributed by atoms with van der Waals surface area (Å²) in [5.74, 6) is 0.621. The topological polar surface area (TPSA) is 81.9 Å². The van der Waals surface area contributed by atoms with Gasteiger partial charge in [-0.25, -0.2) is 9.67 Å². The molecule has 0 bridgehead atoms. The SMILES string of the molecule is Cc1nn(-c2ccc(Cl)cc2Cl)c(C)c1CC(=O)Nc1ncccc1OCc1ccncc1. The number of carbonyl (C=O) groups excluding carboxylic acids is 1. The molecule has 0 aliphatic carbocycles. The van der Waals surface area contributed by atoms with Crippen molar-refractivity contribution in [2.75, 3.05) is 5.32 Å². The van der Waals surface area contributed by atoms with Gasteiger partial charge in [-0.3, -0.25) is 9.78 Å². The molecule has 0 saturated heterocycles. The van der Waals surface area contributed by atoms with E-state index in [1.165, 1.54) is 0 Å². The van der Waals surface area contributed by atoms with E-state index in [-0.39, 0.29) is 12.3 Å². The van der Waals surface area contributed by atoms with Gasteiger partial charge in [-0.1, -0.05) is 23.2 Å². The van der Waals surface area contributed by atoms with Crippen LogP contribution in [0.2, 0.25) is 10.0 Å². The van der Waals surface area contributed by atoms with Gasteiger partial charge < -0.3 is 10.1 Å². The van der Waals surface area contributed by atoms with Crippen LogP contribution in [0.3, 0.4) is 0 Å². The lowest BCUT2D eigenvalue weighted by atomic mass is 10.1. The molecule has 0 fully saturated rings. The van der Waals surface area contributed by atoms with E-state index in [0.717, 1.165) is 22.5 Å². The molecule has 3 aromatic heterocycles. The van der Waals surface area contributed by atoms with Crippen molar-refractivity contribution in [1.82, 2.24) is 19.7 Å². The molecule has 0 atom stereocenters. The molecule has 0 spiro atoms. The van der Waals surface area contributed by atoms with Gasteiger partial charge >= 0.3 is 0 Å². The predicted molar refractivity (Wildman–Crippen MR) is 128 cm³/mol. The van der Waals surface area contributed by atoms with E-state index in [1.807, 2.05) is 26.0 Å². The summed E-state index contributed by atoms with van der Waals surface area (Å²) < 4.78 is 7.58. The Balaban J connectivity index is 1.49. The number of aromatic nitrogens is 4. The Morgan fingerprint density at radius 2 is 1.88 bits per heavy atom. The molecular formula is C24H21Cl2N5O2. The maximum atomic E-state index is 12.9. The van der Waals surface area contributed by atoms with Crippen molar-refractivity contribution in [3.63, 3.8) is 0 Å². The highest BCUT2D eigenvalue weighted by Gasteiger charge is 2.18. The fraction of sp³-hybridized carbons (Fsp3) is 0.167. The highest BCUT2D eigenvalue weighted by molar-refractivity contribution is 6.35. The number of hydrogen-bond acceptors (Lipinski definition) is 5. The molecule has 168 valence electrons. The number of aryl methyl sites for hydroxylation is 1. The monoisotopic (exact) mass is 481 g/mol. The van der Waals surface area contributed by atoms with Gasteiger partial charge in [-0.05, 0) is 61.9 Å². The van der Waals surface area contributed by atoms with Crippen LogP contribution in [0.1, 0.15) is 22.5 Å². The third kappa shape index (κ3) is 5.32. The number of carbonyl (C=O) groups is 1. The minimum atomic E-state index is -0.226. The van der Waals surface area contributed by atoms with Gasteiger partial charge in [-0.15, -0.1) is 0 Å². The van der Waals surface area contributed by atoms with Crippen molar-refractivity contribution in [2.45, 2.75) is 26.9 Å². The second kappa shape index (κ2) is 10.0. The Labute approximate surface area is 201 Å². The molecule has 4 aromatic rings. The molecule has 0 aliphatic heterocycles. The molecular weight excluding hydrogens is 461 g/mol. The summed E-state index contributed by atoms with van der Waals surface area (Å²) in [6.07, 6.45) is 5.13. The van der Waals surface area contributed by atoms with Crippen molar-refractivity contribution in [3.05, 3.63) is 93.6 Å². The zero-order chi connectivity index (χ0) is 23.4. The van der Waals surface area contributed by atoms with Gasteiger partial charge in [0.15, 0.2) is 11.6 Å². The van der Waals surface area contributed by atoms with Gasteiger partial charge in [0.1, 0.15) is 6.61 Å². The first-order chi connectivity index (χ1) is 15.9. The smallest absolute Gasteiger partial charge is 0.230 e. The number of nitrogens with zero attached hydrogens (tertiary/aromatic N) is 4. The average molecular weight is 482 g/mol. The predicted octanol–water partition coefficient (Wildman–Crippen LogP) is 5.35. The van der Waals surface area contributed by atoms with Crippen LogP contribution in [0, 0.1) is 13.8 Å². The van der Waals surface area contributed by atoms with Crippen LogP contribution in [-0.2, 0) is 17.8 Å². The number of pyridine rings is 2. The maximum absolute atomic E-state index is 12.9. The third-order valence-corrected chi connectivity index (χ3v) is 5.63. The van der Waals surface area contributed by atoms with Crippen LogP contribution in [-0.4, -0.2) is 25.7 Å².